The molecule has 0 aromatic heterocycles. The maximum absolute atomic E-state index is 5.46. The van der Waals surface area contributed by atoms with Crippen LogP contribution in [0.5, 0.6) is 0 Å². The second-order valence-electron chi connectivity index (χ2n) is 3.03. The first kappa shape index (κ1) is 9.71. The lowest BCUT2D eigenvalue weighted by Gasteiger charge is -2.16. The summed E-state index contributed by atoms with van der Waals surface area (Å²) in [6.45, 7) is 4.76. The van der Waals surface area contributed by atoms with Crippen molar-refractivity contribution in [1.29, 1.82) is 0 Å². The molecule has 0 amide bonds. The first-order chi connectivity index (χ1) is 4.99. The molecule has 1 rings (SSSR count). The zero-order valence-electron chi connectivity index (χ0n) is 6.53. The predicted octanol–water partition coefficient (Wildman–Crippen LogP) is 2.34. The Morgan fingerprint density at radius 3 is 2.64 bits per heavy atom. The molecule has 0 aliphatic carbocycles. The molecule has 0 unspecified atom stereocenters. The molecule has 64 valence electrons. The van der Waals surface area contributed by atoms with Gasteiger partial charge in [-0.15, -0.1) is 0 Å². The van der Waals surface area contributed by atoms with Crippen molar-refractivity contribution in [3.63, 3.8) is 0 Å². The van der Waals surface area contributed by atoms with E-state index < -0.39 is 0 Å². The summed E-state index contributed by atoms with van der Waals surface area (Å²) in [5, 5.41) is 3.30. The molecule has 1 fully saturated rings. The Hall–Kier alpha value is 0.620. The van der Waals surface area contributed by atoms with Crippen LogP contribution in [0.15, 0.2) is 9.47 Å². The predicted molar refractivity (Wildman–Crippen MR) is 52.9 cm³/mol. The zero-order valence-corrected chi connectivity index (χ0v) is 9.70. The Bertz CT molecular complexity index is 175. The summed E-state index contributed by atoms with van der Waals surface area (Å²) in [4.78, 5) is 0. The normalized spacial score (nSPS) is 28.5. The van der Waals surface area contributed by atoms with Crippen LogP contribution in [0, 0.1) is 0 Å². The maximum atomic E-state index is 5.46. The average Bonchev–Trinajstić information content (AvgIpc) is 2.08. The largest absolute Gasteiger partial charge is 0.359 e. The topological polar surface area (TPSA) is 21.3 Å². The monoisotopic (exact) mass is 283 g/mol. The number of rotatable bonds is 1. The smallest absolute Gasteiger partial charge is 0.114 e. The van der Waals surface area contributed by atoms with Crippen molar-refractivity contribution in [2.75, 3.05) is 6.61 Å². The Labute approximate surface area is 83.6 Å². The summed E-state index contributed by atoms with van der Waals surface area (Å²) < 4.78 is 6.42. The molecular weight excluding hydrogens is 274 g/mol. The molecule has 0 spiro atoms. The summed E-state index contributed by atoms with van der Waals surface area (Å²) in [6.07, 6.45) is 2.04. The van der Waals surface area contributed by atoms with Gasteiger partial charge in [-0.1, -0.05) is 0 Å². The number of halogens is 2. The molecule has 1 aliphatic rings. The lowest BCUT2D eigenvalue weighted by molar-refractivity contribution is 0.0232. The number of hydrogen-bond donors (Lipinski definition) is 1. The summed E-state index contributed by atoms with van der Waals surface area (Å²) in [5.74, 6) is 0. The van der Waals surface area contributed by atoms with E-state index in [1.54, 1.807) is 0 Å². The maximum Gasteiger partial charge on any atom is 0.114 e. The molecule has 1 heterocycles. The van der Waals surface area contributed by atoms with Crippen molar-refractivity contribution in [3.05, 3.63) is 9.47 Å². The van der Waals surface area contributed by atoms with E-state index in [1.165, 1.54) is 0 Å². The van der Waals surface area contributed by atoms with Gasteiger partial charge in [0.15, 0.2) is 0 Å². The van der Waals surface area contributed by atoms with Crippen LogP contribution >= 0.6 is 31.9 Å². The minimum atomic E-state index is -0.184. The standard InChI is InChI=1S/C7H11Br2NO/c1-7(2)10-5(4-11-7)3-6(8)9/h3,5,10H,4H2,1-2H3/t5-/m0/s1. The van der Waals surface area contributed by atoms with Gasteiger partial charge in [-0.25, -0.2) is 0 Å². The Balaban J connectivity index is 2.49. The quantitative estimate of drug-likeness (QED) is 0.798. The molecule has 11 heavy (non-hydrogen) atoms. The first-order valence-corrected chi connectivity index (χ1v) is 5.03. The van der Waals surface area contributed by atoms with Crippen LogP contribution in [-0.2, 0) is 4.74 Å². The third-order valence-corrected chi connectivity index (χ3v) is 2.01. The molecule has 0 aromatic carbocycles. The van der Waals surface area contributed by atoms with E-state index in [0.29, 0.717) is 6.04 Å². The van der Waals surface area contributed by atoms with E-state index >= 15 is 0 Å². The first-order valence-electron chi connectivity index (χ1n) is 3.44. The molecule has 0 aromatic rings. The highest BCUT2D eigenvalue weighted by molar-refractivity contribution is 9.28. The minimum Gasteiger partial charge on any atom is -0.359 e. The fraction of sp³-hybridized carbons (Fsp3) is 0.714. The van der Waals surface area contributed by atoms with Gasteiger partial charge in [0.2, 0.25) is 0 Å². The second kappa shape index (κ2) is 3.56. The van der Waals surface area contributed by atoms with Crippen LogP contribution in [0.3, 0.4) is 0 Å². The lowest BCUT2D eigenvalue weighted by Crippen LogP contribution is -2.37. The van der Waals surface area contributed by atoms with Crippen LogP contribution in [0.1, 0.15) is 13.8 Å². The summed E-state index contributed by atoms with van der Waals surface area (Å²) in [5.41, 5.74) is -0.184. The molecule has 1 atom stereocenters. The van der Waals surface area contributed by atoms with E-state index in [0.717, 1.165) is 10.00 Å². The van der Waals surface area contributed by atoms with Crippen molar-refractivity contribution >= 4 is 31.9 Å². The second-order valence-corrected chi connectivity index (χ2v) is 5.80. The molecule has 1 N–H and O–H groups in total. The average molecular weight is 285 g/mol. The van der Waals surface area contributed by atoms with E-state index in [2.05, 4.69) is 37.2 Å². The van der Waals surface area contributed by atoms with E-state index in [-0.39, 0.29) is 5.72 Å². The molecule has 0 saturated carbocycles. The van der Waals surface area contributed by atoms with Crippen molar-refractivity contribution in [2.45, 2.75) is 25.6 Å². The van der Waals surface area contributed by atoms with Crippen LogP contribution in [0.25, 0.3) is 0 Å². The van der Waals surface area contributed by atoms with Crippen LogP contribution in [0.4, 0.5) is 0 Å². The van der Waals surface area contributed by atoms with E-state index in [1.807, 2.05) is 19.9 Å². The van der Waals surface area contributed by atoms with Gasteiger partial charge < -0.3 is 4.74 Å². The molecule has 2 nitrogen and oxygen atoms in total. The van der Waals surface area contributed by atoms with Crippen LogP contribution < -0.4 is 5.32 Å². The molecule has 1 aliphatic heterocycles. The van der Waals surface area contributed by atoms with Crippen molar-refractivity contribution in [2.24, 2.45) is 0 Å². The summed E-state index contributed by atoms with van der Waals surface area (Å²) in [7, 11) is 0. The molecule has 0 bridgehead atoms. The minimum absolute atomic E-state index is 0.184. The van der Waals surface area contributed by atoms with Crippen LogP contribution in [-0.4, -0.2) is 18.4 Å². The molecular formula is C7H11Br2NO. The van der Waals surface area contributed by atoms with Gasteiger partial charge in [-0.2, -0.15) is 0 Å². The van der Waals surface area contributed by atoms with Crippen molar-refractivity contribution in [3.8, 4) is 0 Å². The fourth-order valence-electron chi connectivity index (χ4n) is 1.07. The zero-order chi connectivity index (χ0) is 8.48. The van der Waals surface area contributed by atoms with Gasteiger partial charge in [-0.3, -0.25) is 5.32 Å². The van der Waals surface area contributed by atoms with Gasteiger partial charge in [0.25, 0.3) is 0 Å². The number of nitrogens with one attached hydrogen (secondary N) is 1. The van der Waals surface area contributed by atoms with Gasteiger partial charge in [-0.05, 0) is 51.8 Å². The fourth-order valence-corrected chi connectivity index (χ4v) is 1.71. The van der Waals surface area contributed by atoms with E-state index in [9.17, 15) is 0 Å². The van der Waals surface area contributed by atoms with Gasteiger partial charge >= 0.3 is 0 Å². The Morgan fingerprint density at radius 1 is 1.64 bits per heavy atom. The van der Waals surface area contributed by atoms with Crippen molar-refractivity contribution in [1.82, 2.24) is 5.32 Å². The highest BCUT2D eigenvalue weighted by atomic mass is 79.9. The van der Waals surface area contributed by atoms with Gasteiger partial charge in [0.1, 0.15) is 5.72 Å². The van der Waals surface area contributed by atoms with Gasteiger partial charge in [0, 0.05) is 0 Å². The lowest BCUT2D eigenvalue weighted by atomic mass is 10.3. The Morgan fingerprint density at radius 2 is 2.27 bits per heavy atom. The van der Waals surface area contributed by atoms with E-state index in [4.69, 9.17) is 4.74 Å². The highest BCUT2D eigenvalue weighted by Gasteiger charge is 2.29. The number of ether oxygens (including phenoxy) is 1. The molecule has 1 saturated heterocycles. The molecule has 4 heteroatoms. The third kappa shape index (κ3) is 3.23. The van der Waals surface area contributed by atoms with Gasteiger partial charge in [0.05, 0.1) is 16.0 Å². The SMILES string of the molecule is CC1(C)N[C@@H](C=C(Br)Br)CO1. The third-order valence-electron chi connectivity index (χ3n) is 1.48. The highest BCUT2D eigenvalue weighted by Crippen LogP contribution is 2.19. The summed E-state index contributed by atoms with van der Waals surface area (Å²) in [6, 6.07) is 0.304. The summed E-state index contributed by atoms with van der Waals surface area (Å²) >= 11 is 6.61. The molecule has 0 radical (unpaired) electrons. The number of hydrogen-bond acceptors (Lipinski definition) is 2. The van der Waals surface area contributed by atoms with Crippen molar-refractivity contribution < 1.29 is 4.74 Å². The Kier molecular flexibility index (Phi) is 3.14. The van der Waals surface area contributed by atoms with Crippen LogP contribution in [0.2, 0.25) is 0 Å².